The van der Waals surface area contributed by atoms with E-state index in [1.54, 1.807) is 0 Å². The number of benzene rings is 2. The Morgan fingerprint density at radius 3 is 2.52 bits per heavy atom. The van der Waals surface area contributed by atoms with Gasteiger partial charge in [0.05, 0.1) is 10.7 Å². The summed E-state index contributed by atoms with van der Waals surface area (Å²) in [5.41, 5.74) is 3.39. The zero-order valence-corrected chi connectivity index (χ0v) is 13.9. The average Bonchev–Trinajstić information content (AvgIpc) is 2.45. The van der Waals surface area contributed by atoms with E-state index in [4.69, 9.17) is 23.2 Å². The normalized spacial score (nSPS) is 10.7. The first-order chi connectivity index (χ1) is 10.1. The van der Waals surface area contributed by atoms with Gasteiger partial charge in [0.25, 0.3) is 0 Å². The summed E-state index contributed by atoms with van der Waals surface area (Å²) >= 11 is 12.4. The molecule has 112 valence electrons. The van der Waals surface area contributed by atoms with Crippen LogP contribution in [0.15, 0.2) is 42.5 Å². The van der Waals surface area contributed by atoms with Crippen LogP contribution in [0.4, 0.5) is 5.69 Å². The summed E-state index contributed by atoms with van der Waals surface area (Å²) in [4.78, 5) is 2.13. The standard InChI is InChI=1S/C17H20Cl2N2/c1-3-20-11-13-7-8-17(16(19)10-13)21(2)12-14-5-4-6-15(18)9-14/h4-10,20H,3,11-12H2,1-2H3. The number of hydrogen-bond donors (Lipinski definition) is 1. The zero-order chi connectivity index (χ0) is 15.2. The summed E-state index contributed by atoms with van der Waals surface area (Å²) in [5, 5.41) is 4.83. The van der Waals surface area contributed by atoms with Crippen LogP contribution in [0.25, 0.3) is 0 Å². The highest BCUT2D eigenvalue weighted by Crippen LogP contribution is 2.27. The molecule has 0 aromatic heterocycles. The van der Waals surface area contributed by atoms with Gasteiger partial charge in [0.15, 0.2) is 0 Å². The maximum Gasteiger partial charge on any atom is 0.0642 e. The van der Waals surface area contributed by atoms with Gasteiger partial charge in [0.2, 0.25) is 0 Å². The van der Waals surface area contributed by atoms with E-state index in [0.29, 0.717) is 0 Å². The predicted octanol–water partition coefficient (Wildman–Crippen LogP) is 4.74. The minimum Gasteiger partial charge on any atom is -0.369 e. The van der Waals surface area contributed by atoms with Crippen molar-refractivity contribution in [1.82, 2.24) is 5.32 Å². The molecular weight excluding hydrogens is 303 g/mol. The Labute approximate surface area is 136 Å². The van der Waals surface area contributed by atoms with Crippen molar-refractivity contribution in [3.05, 3.63) is 63.6 Å². The molecule has 0 spiro atoms. The molecule has 0 saturated heterocycles. The Balaban J connectivity index is 2.10. The average molecular weight is 323 g/mol. The van der Waals surface area contributed by atoms with Gasteiger partial charge in [-0.05, 0) is 41.9 Å². The second-order valence-electron chi connectivity index (χ2n) is 5.05. The first-order valence-corrected chi connectivity index (χ1v) is 7.80. The van der Waals surface area contributed by atoms with E-state index in [0.717, 1.165) is 40.9 Å². The van der Waals surface area contributed by atoms with Crippen LogP contribution in [-0.4, -0.2) is 13.6 Å². The Hall–Kier alpha value is -1.22. The molecule has 0 bridgehead atoms. The van der Waals surface area contributed by atoms with Crippen molar-refractivity contribution in [1.29, 1.82) is 0 Å². The molecule has 0 atom stereocenters. The highest BCUT2D eigenvalue weighted by Gasteiger charge is 2.08. The summed E-state index contributed by atoms with van der Waals surface area (Å²) in [7, 11) is 2.03. The van der Waals surface area contributed by atoms with Gasteiger partial charge in [-0.2, -0.15) is 0 Å². The maximum absolute atomic E-state index is 6.41. The van der Waals surface area contributed by atoms with Crippen molar-refractivity contribution in [2.75, 3.05) is 18.5 Å². The summed E-state index contributed by atoms with van der Waals surface area (Å²) < 4.78 is 0. The van der Waals surface area contributed by atoms with Crippen molar-refractivity contribution >= 4 is 28.9 Å². The molecule has 0 heterocycles. The van der Waals surface area contributed by atoms with E-state index in [1.807, 2.05) is 31.3 Å². The number of anilines is 1. The van der Waals surface area contributed by atoms with E-state index in [1.165, 1.54) is 5.56 Å². The molecule has 0 aliphatic heterocycles. The lowest BCUT2D eigenvalue weighted by Gasteiger charge is -2.21. The third-order valence-electron chi connectivity index (χ3n) is 3.31. The van der Waals surface area contributed by atoms with Crippen LogP contribution >= 0.6 is 23.2 Å². The Bertz CT molecular complexity index is 599. The molecule has 2 nitrogen and oxygen atoms in total. The first kappa shape index (κ1) is 16.2. The van der Waals surface area contributed by atoms with Gasteiger partial charge in [-0.1, -0.05) is 48.3 Å². The van der Waals surface area contributed by atoms with Crippen molar-refractivity contribution in [2.45, 2.75) is 20.0 Å². The third-order valence-corrected chi connectivity index (χ3v) is 3.85. The van der Waals surface area contributed by atoms with E-state index in [2.05, 4.69) is 35.3 Å². The van der Waals surface area contributed by atoms with Crippen LogP contribution in [-0.2, 0) is 13.1 Å². The van der Waals surface area contributed by atoms with Gasteiger partial charge < -0.3 is 10.2 Å². The molecule has 0 aliphatic carbocycles. The highest BCUT2D eigenvalue weighted by molar-refractivity contribution is 6.33. The van der Waals surface area contributed by atoms with Crippen molar-refractivity contribution < 1.29 is 0 Å². The van der Waals surface area contributed by atoms with Gasteiger partial charge in [-0.25, -0.2) is 0 Å². The third kappa shape index (κ3) is 4.63. The Kier molecular flexibility index (Phi) is 5.92. The van der Waals surface area contributed by atoms with Crippen molar-refractivity contribution in [2.24, 2.45) is 0 Å². The summed E-state index contributed by atoms with van der Waals surface area (Å²) in [6.45, 7) is 4.66. The second-order valence-corrected chi connectivity index (χ2v) is 5.90. The zero-order valence-electron chi connectivity index (χ0n) is 12.4. The van der Waals surface area contributed by atoms with Gasteiger partial charge in [-0.15, -0.1) is 0 Å². The largest absolute Gasteiger partial charge is 0.369 e. The highest BCUT2D eigenvalue weighted by atomic mass is 35.5. The van der Waals surface area contributed by atoms with Crippen LogP contribution in [0.2, 0.25) is 10.0 Å². The minimum absolute atomic E-state index is 0.757. The molecule has 2 aromatic rings. The van der Waals surface area contributed by atoms with E-state index in [9.17, 15) is 0 Å². The molecule has 2 rings (SSSR count). The summed E-state index contributed by atoms with van der Waals surface area (Å²) in [6, 6.07) is 14.1. The maximum atomic E-state index is 6.41. The summed E-state index contributed by atoms with van der Waals surface area (Å²) in [5.74, 6) is 0. The second kappa shape index (κ2) is 7.69. The van der Waals surface area contributed by atoms with Crippen LogP contribution < -0.4 is 10.2 Å². The van der Waals surface area contributed by atoms with Crippen LogP contribution in [0.3, 0.4) is 0 Å². The van der Waals surface area contributed by atoms with E-state index < -0.39 is 0 Å². The number of rotatable bonds is 6. The smallest absolute Gasteiger partial charge is 0.0642 e. The van der Waals surface area contributed by atoms with Crippen LogP contribution in [0.5, 0.6) is 0 Å². The molecule has 2 aromatic carbocycles. The predicted molar refractivity (Wildman–Crippen MR) is 92.4 cm³/mol. The minimum atomic E-state index is 0.757. The topological polar surface area (TPSA) is 15.3 Å². The number of nitrogens with one attached hydrogen (secondary N) is 1. The van der Waals surface area contributed by atoms with E-state index in [-0.39, 0.29) is 0 Å². The molecule has 0 amide bonds. The van der Waals surface area contributed by atoms with Crippen LogP contribution in [0, 0.1) is 0 Å². The molecule has 0 fully saturated rings. The molecule has 0 aliphatic rings. The van der Waals surface area contributed by atoms with Gasteiger partial charge in [0, 0.05) is 25.2 Å². The Morgan fingerprint density at radius 1 is 1.05 bits per heavy atom. The molecule has 21 heavy (non-hydrogen) atoms. The lowest BCUT2D eigenvalue weighted by Crippen LogP contribution is -2.17. The first-order valence-electron chi connectivity index (χ1n) is 7.05. The van der Waals surface area contributed by atoms with Crippen molar-refractivity contribution in [3.63, 3.8) is 0 Å². The van der Waals surface area contributed by atoms with Gasteiger partial charge >= 0.3 is 0 Å². The quantitative estimate of drug-likeness (QED) is 0.826. The lowest BCUT2D eigenvalue weighted by molar-refractivity contribution is 0.727. The molecule has 0 unspecified atom stereocenters. The molecule has 0 saturated carbocycles. The van der Waals surface area contributed by atoms with Crippen LogP contribution in [0.1, 0.15) is 18.1 Å². The number of hydrogen-bond acceptors (Lipinski definition) is 2. The fourth-order valence-corrected chi connectivity index (χ4v) is 2.79. The number of nitrogens with zero attached hydrogens (tertiary/aromatic N) is 1. The fraction of sp³-hybridized carbons (Fsp3) is 0.294. The molecule has 0 radical (unpaired) electrons. The van der Waals surface area contributed by atoms with Gasteiger partial charge in [0.1, 0.15) is 0 Å². The number of halogens is 2. The monoisotopic (exact) mass is 322 g/mol. The molecule has 4 heteroatoms. The molecular formula is C17H20Cl2N2. The lowest BCUT2D eigenvalue weighted by atomic mass is 10.1. The SMILES string of the molecule is CCNCc1ccc(N(C)Cc2cccc(Cl)c2)c(Cl)c1. The van der Waals surface area contributed by atoms with Gasteiger partial charge in [-0.3, -0.25) is 0 Å². The summed E-state index contributed by atoms with van der Waals surface area (Å²) in [6.07, 6.45) is 0. The van der Waals surface area contributed by atoms with E-state index >= 15 is 0 Å². The Morgan fingerprint density at radius 2 is 1.86 bits per heavy atom. The van der Waals surface area contributed by atoms with Crippen molar-refractivity contribution in [3.8, 4) is 0 Å². The fourth-order valence-electron chi connectivity index (χ4n) is 2.23. The molecule has 1 N–H and O–H groups in total.